The zero-order valence-corrected chi connectivity index (χ0v) is 13.2. The van der Waals surface area contributed by atoms with Crippen LogP contribution in [0.1, 0.15) is 24.8 Å². The molecule has 4 heteroatoms. The molecule has 2 aliphatic rings. The van der Waals surface area contributed by atoms with E-state index >= 15 is 0 Å². The van der Waals surface area contributed by atoms with Crippen LogP contribution in [0, 0.1) is 0 Å². The molecule has 116 valence electrons. The number of hydrogen-bond donors (Lipinski definition) is 1. The van der Waals surface area contributed by atoms with Crippen LogP contribution >= 0.6 is 0 Å². The van der Waals surface area contributed by atoms with E-state index in [-0.39, 0.29) is 5.54 Å². The summed E-state index contributed by atoms with van der Waals surface area (Å²) in [5.41, 5.74) is 7.62. The minimum absolute atomic E-state index is 0.122. The first-order chi connectivity index (χ1) is 10.2. The monoisotopic (exact) mass is 289 g/mol. The topological polar surface area (TPSA) is 41.7 Å². The third-order valence-electron chi connectivity index (χ3n) is 5.53. The van der Waals surface area contributed by atoms with Crippen molar-refractivity contribution in [1.29, 1.82) is 0 Å². The molecule has 4 nitrogen and oxygen atoms in total. The average Bonchev–Trinajstić information content (AvgIpc) is 3.10. The minimum Gasteiger partial charge on any atom is -0.496 e. The van der Waals surface area contributed by atoms with Crippen molar-refractivity contribution in [2.45, 2.75) is 37.4 Å². The van der Waals surface area contributed by atoms with Gasteiger partial charge >= 0.3 is 0 Å². The predicted molar refractivity (Wildman–Crippen MR) is 85.5 cm³/mol. The molecule has 0 bridgehead atoms. The number of hydrogen-bond acceptors (Lipinski definition) is 4. The molecule has 3 rings (SSSR count). The van der Waals surface area contributed by atoms with E-state index in [4.69, 9.17) is 10.5 Å². The van der Waals surface area contributed by atoms with E-state index in [0.717, 1.165) is 18.8 Å². The molecule has 1 aromatic carbocycles. The summed E-state index contributed by atoms with van der Waals surface area (Å²) >= 11 is 0. The summed E-state index contributed by atoms with van der Waals surface area (Å²) in [7, 11) is 3.97. The largest absolute Gasteiger partial charge is 0.496 e. The van der Waals surface area contributed by atoms with Crippen LogP contribution in [0.4, 0.5) is 0 Å². The maximum absolute atomic E-state index is 6.25. The summed E-state index contributed by atoms with van der Waals surface area (Å²) < 4.78 is 5.49. The molecule has 2 fully saturated rings. The molecule has 0 saturated carbocycles. The number of nitrogens with zero attached hydrogens (tertiary/aromatic N) is 2. The molecule has 0 aliphatic carbocycles. The van der Waals surface area contributed by atoms with Gasteiger partial charge in [-0.15, -0.1) is 0 Å². The normalized spacial score (nSPS) is 29.0. The molecule has 2 atom stereocenters. The van der Waals surface area contributed by atoms with Crippen LogP contribution in [0.15, 0.2) is 24.3 Å². The SMILES string of the molecule is COc1ccccc1CN(C)C1(CN)CCN2CCCC21. The second-order valence-electron chi connectivity index (χ2n) is 6.42. The molecular weight excluding hydrogens is 262 g/mol. The highest BCUT2D eigenvalue weighted by molar-refractivity contribution is 5.33. The summed E-state index contributed by atoms with van der Waals surface area (Å²) in [6.07, 6.45) is 3.78. The molecule has 2 aliphatic heterocycles. The van der Waals surface area contributed by atoms with Crippen molar-refractivity contribution in [2.24, 2.45) is 5.73 Å². The lowest BCUT2D eigenvalue weighted by Crippen LogP contribution is -2.58. The van der Waals surface area contributed by atoms with Crippen molar-refractivity contribution in [3.8, 4) is 5.75 Å². The standard InChI is InChI=1S/C17H27N3O/c1-19(12-14-6-3-4-7-15(14)21-2)17(13-18)9-11-20-10-5-8-16(17)20/h3-4,6-7,16H,5,8-13,18H2,1-2H3. The first kappa shape index (κ1) is 14.8. The van der Waals surface area contributed by atoms with Gasteiger partial charge in [-0.3, -0.25) is 9.80 Å². The average molecular weight is 289 g/mol. The third-order valence-corrected chi connectivity index (χ3v) is 5.53. The van der Waals surface area contributed by atoms with Gasteiger partial charge in [-0.05, 0) is 38.9 Å². The Balaban J connectivity index is 1.81. The zero-order valence-electron chi connectivity index (χ0n) is 13.2. The number of benzene rings is 1. The fourth-order valence-corrected chi connectivity index (χ4v) is 4.29. The van der Waals surface area contributed by atoms with Crippen molar-refractivity contribution < 1.29 is 4.74 Å². The highest BCUT2D eigenvalue weighted by Gasteiger charge is 2.50. The molecule has 2 heterocycles. The molecule has 0 amide bonds. The molecule has 2 N–H and O–H groups in total. The number of rotatable bonds is 5. The van der Waals surface area contributed by atoms with E-state index < -0.39 is 0 Å². The first-order valence-corrected chi connectivity index (χ1v) is 7.98. The second-order valence-corrected chi connectivity index (χ2v) is 6.42. The quantitative estimate of drug-likeness (QED) is 0.896. The van der Waals surface area contributed by atoms with E-state index in [0.29, 0.717) is 6.04 Å². The number of ether oxygens (including phenoxy) is 1. The van der Waals surface area contributed by atoms with Crippen LogP contribution < -0.4 is 10.5 Å². The molecule has 0 spiro atoms. The lowest BCUT2D eigenvalue weighted by Gasteiger charge is -2.42. The summed E-state index contributed by atoms with van der Waals surface area (Å²) in [5, 5.41) is 0. The molecule has 2 saturated heterocycles. The van der Waals surface area contributed by atoms with Crippen LogP contribution in [0.3, 0.4) is 0 Å². The van der Waals surface area contributed by atoms with Gasteiger partial charge in [0, 0.05) is 36.8 Å². The van der Waals surface area contributed by atoms with E-state index in [9.17, 15) is 0 Å². The summed E-state index contributed by atoms with van der Waals surface area (Å²) in [6.45, 7) is 4.07. The first-order valence-electron chi connectivity index (χ1n) is 7.98. The van der Waals surface area contributed by atoms with Crippen LogP contribution in [0.5, 0.6) is 5.75 Å². The zero-order chi connectivity index (χ0) is 14.9. The maximum atomic E-state index is 6.25. The van der Waals surface area contributed by atoms with E-state index in [2.05, 4.69) is 29.0 Å². The Morgan fingerprint density at radius 3 is 2.95 bits per heavy atom. The Bertz CT molecular complexity index is 493. The summed E-state index contributed by atoms with van der Waals surface area (Å²) in [4.78, 5) is 5.10. The number of likely N-dealkylation sites (N-methyl/N-ethyl adjacent to an activating group) is 1. The fraction of sp³-hybridized carbons (Fsp3) is 0.647. The number of fused-ring (bicyclic) bond motifs is 1. The van der Waals surface area contributed by atoms with Crippen molar-refractivity contribution in [1.82, 2.24) is 9.80 Å². The predicted octanol–water partition coefficient (Wildman–Crippen LogP) is 1.69. The number of methoxy groups -OCH3 is 1. The Kier molecular flexibility index (Phi) is 4.20. The van der Waals surface area contributed by atoms with Gasteiger partial charge in [0.05, 0.1) is 7.11 Å². The van der Waals surface area contributed by atoms with Gasteiger partial charge in [-0.25, -0.2) is 0 Å². The molecule has 0 aromatic heterocycles. The van der Waals surface area contributed by atoms with Gasteiger partial charge in [0.2, 0.25) is 0 Å². The number of nitrogens with two attached hydrogens (primary N) is 1. The van der Waals surface area contributed by atoms with E-state index in [1.807, 2.05) is 12.1 Å². The van der Waals surface area contributed by atoms with Gasteiger partial charge in [0.15, 0.2) is 0 Å². The van der Waals surface area contributed by atoms with Gasteiger partial charge < -0.3 is 10.5 Å². The summed E-state index contributed by atoms with van der Waals surface area (Å²) in [5.74, 6) is 0.970. The van der Waals surface area contributed by atoms with Gasteiger partial charge in [0.25, 0.3) is 0 Å². The fourth-order valence-electron chi connectivity index (χ4n) is 4.29. The molecule has 1 aromatic rings. The highest BCUT2D eigenvalue weighted by Crippen LogP contribution is 2.40. The number of para-hydroxylation sites is 1. The van der Waals surface area contributed by atoms with Crippen molar-refractivity contribution in [3.05, 3.63) is 29.8 Å². The van der Waals surface area contributed by atoms with Gasteiger partial charge in [-0.2, -0.15) is 0 Å². The lowest BCUT2D eigenvalue weighted by molar-refractivity contribution is 0.0834. The Morgan fingerprint density at radius 1 is 1.38 bits per heavy atom. The second kappa shape index (κ2) is 5.95. The molecule has 2 unspecified atom stereocenters. The Morgan fingerprint density at radius 2 is 2.19 bits per heavy atom. The Hall–Kier alpha value is -1.10. The molecular formula is C17H27N3O. The van der Waals surface area contributed by atoms with Crippen LogP contribution in [0.2, 0.25) is 0 Å². The van der Waals surface area contributed by atoms with Gasteiger partial charge in [-0.1, -0.05) is 18.2 Å². The molecule has 21 heavy (non-hydrogen) atoms. The summed E-state index contributed by atoms with van der Waals surface area (Å²) in [6, 6.07) is 8.92. The lowest BCUT2D eigenvalue weighted by atomic mass is 9.86. The smallest absolute Gasteiger partial charge is 0.123 e. The van der Waals surface area contributed by atoms with Crippen LogP contribution in [0.25, 0.3) is 0 Å². The van der Waals surface area contributed by atoms with Crippen LogP contribution in [-0.4, -0.2) is 55.2 Å². The van der Waals surface area contributed by atoms with E-state index in [1.165, 1.54) is 37.9 Å². The van der Waals surface area contributed by atoms with E-state index in [1.54, 1.807) is 7.11 Å². The minimum atomic E-state index is 0.122. The highest BCUT2D eigenvalue weighted by atomic mass is 16.5. The van der Waals surface area contributed by atoms with Crippen LogP contribution in [-0.2, 0) is 6.54 Å². The van der Waals surface area contributed by atoms with Crippen molar-refractivity contribution >= 4 is 0 Å². The Labute approximate surface area is 127 Å². The van der Waals surface area contributed by atoms with Crippen molar-refractivity contribution in [3.63, 3.8) is 0 Å². The van der Waals surface area contributed by atoms with Gasteiger partial charge in [0.1, 0.15) is 5.75 Å². The van der Waals surface area contributed by atoms with Crippen molar-refractivity contribution in [2.75, 3.05) is 33.8 Å². The third kappa shape index (κ3) is 2.45. The maximum Gasteiger partial charge on any atom is 0.123 e. The molecule has 0 radical (unpaired) electrons.